The molecule has 0 radical (unpaired) electrons. The van der Waals surface area contributed by atoms with Crippen molar-refractivity contribution < 1.29 is 14.4 Å². The second-order valence-corrected chi connectivity index (χ2v) is 13.3. The fraction of sp³-hybridized carbons (Fsp3) is 0.400. The summed E-state index contributed by atoms with van der Waals surface area (Å²) in [6.45, 7) is 10.5. The lowest BCUT2D eigenvalue weighted by Crippen LogP contribution is -2.52. The van der Waals surface area contributed by atoms with Gasteiger partial charge in [-0.25, -0.2) is 0 Å². The maximum atomic E-state index is 13.5. The van der Waals surface area contributed by atoms with Crippen LogP contribution in [0.4, 0.5) is 11.4 Å². The standard InChI is InChI=1S/C35H42ClN3O3/c1-23(2)31-35(22-40,18-19-39(31)33(42)34(3,4)5)28-14-9-10-15-30(28)38(8)26-13-11-12-24(20-26)25-16-17-27(29(36)21-25)32(41)37(6)7/h9-17,20-23,31H,18-19H2,1-8H3/t31?,35-/m0/s1. The van der Waals surface area contributed by atoms with Gasteiger partial charge in [-0.3, -0.25) is 9.59 Å². The van der Waals surface area contributed by atoms with E-state index in [-0.39, 0.29) is 23.8 Å². The van der Waals surface area contributed by atoms with Gasteiger partial charge in [-0.15, -0.1) is 0 Å². The van der Waals surface area contributed by atoms with Gasteiger partial charge in [-0.2, -0.15) is 0 Å². The normalized spacial score (nSPS) is 18.7. The number of anilines is 2. The minimum absolute atomic E-state index is 0.0698. The third-order valence-corrected chi connectivity index (χ3v) is 8.63. The van der Waals surface area contributed by atoms with Crippen LogP contribution in [0.25, 0.3) is 11.1 Å². The van der Waals surface area contributed by atoms with Crippen molar-refractivity contribution in [2.24, 2.45) is 11.3 Å². The molecule has 0 aromatic heterocycles. The first-order chi connectivity index (χ1) is 19.7. The number of carbonyl (C=O) groups excluding carboxylic acids is 3. The molecule has 1 fully saturated rings. The second-order valence-electron chi connectivity index (χ2n) is 12.9. The van der Waals surface area contributed by atoms with E-state index in [9.17, 15) is 14.4 Å². The van der Waals surface area contributed by atoms with E-state index in [1.54, 1.807) is 20.2 Å². The number of para-hydroxylation sites is 1. The highest BCUT2D eigenvalue weighted by Gasteiger charge is 2.53. The molecule has 0 spiro atoms. The molecule has 0 bridgehead atoms. The van der Waals surface area contributed by atoms with E-state index in [2.05, 4.69) is 24.8 Å². The van der Waals surface area contributed by atoms with Gasteiger partial charge in [0.25, 0.3) is 5.91 Å². The quantitative estimate of drug-likeness (QED) is 0.274. The first-order valence-corrected chi connectivity index (χ1v) is 14.8. The molecule has 6 nitrogen and oxygen atoms in total. The van der Waals surface area contributed by atoms with Crippen molar-refractivity contribution in [3.05, 3.63) is 82.9 Å². The summed E-state index contributed by atoms with van der Waals surface area (Å²) in [6.07, 6.45) is 1.65. The van der Waals surface area contributed by atoms with Gasteiger partial charge in [0.05, 0.1) is 22.0 Å². The molecule has 1 aliphatic heterocycles. The van der Waals surface area contributed by atoms with E-state index in [1.807, 2.05) is 87.3 Å². The maximum absolute atomic E-state index is 13.5. The molecule has 3 aromatic carbocycles. The first-order valence-electron chi connectivity index (χ1n) is 14.4. The smallest absolute Gasteiger partial charge is 0.254 e. The van der Waals surface area contributed by atoms with Crippen LogP contribution in [-0.4, -0.2) is 61.6 Å². The zero-order valence-corrected chi connectivity index (χ0v) is 26.7. The Hall–Kier alpha value is -3.64. The van der Waals surface area contributed by atoms with Crippen molar-refractivity contribution in [2.75, 3.05) is 32.6 Å². The summed E-state index contributed by atoms with van der Waals surface area (Å²) in [4.78, 5) is 44.7. The Morgan fingerprint density at radius 3 is 2.24 bits per heavy atom. The van der Waals surface area contributed by atoms with Crippen molar-refractivity contribution in [2.45, 2.75) is 52.5 Å². The Morgan fingerprint density at radius 2 is 1.64 bits per heavy atom. The average Bonchev–Trinajstić information content (AvgIpc) is 3.36. The Morgan fingerprint density at radius 1 is 0.976 bits per heavy atom. The fourth-order valence-electron chi connectivity index (χ4n) is 6.27. The number of nitrogens with zero attached hydrogens (tertiary/aromatic N) is 3. The number of hydrogen-bond donors (Lipinski definition) is 0. The van der Waals surface area contributed by atoms with Crippen molar-refractivity contribution in [3.63, 3.8) is 0 Å². The minimum Gasteiger partial charge on any atom is -0.345 e. The minimum atomic E-state index is -0.833. The Balaban J connectivity index is 1.75. The Bertz CT molecular complexity index is 1490. The summed E-state index contributed by atoms with van der Waals surface area (Å²) in [5, 5.41) is 0.401. The molecule has 222 valence electrons. The molecule has 7 heteroatoms. The molecule has 4 rings (SSSR count). The van der Waals surface area contributed by atoms with Crippen LogP contribution < -0.4 is 4.90 Å². The molecule has 2 atom stereocenters. The van der Waals surface area contributed by atoms with E-state index >= 15 is 0 Å². The van der Waals surface area contributed by atoms with Crippen molar-refractivity contribution in [1.29, 1.82) is 0 Å². The van der Waals surface area contributed by atoms with Gasteiger partial charge in [0.1, 0.15) is 6.29 Å². The summed E-state index contributed by atoms with van der Waals surface area (Å²) in [5.41, 5.74) is 3.72. The maximum Gasteiger partial charge on any atom is 0.254 e. The fourth-order valence-corrected chi connectivity index (χ4v) is 6.53. The summed E-state index contributed by atoms with van der Waals surface area (Å²) >= 11 is 6.52. The highest BCUT2D eigenvalue weighted by Crippen LogP contribution is 2.47. The number of hydrogen-bond acceptors (Lipinski definition) is 4. The molecular weight excluding hydrogens is 546 g/mol. The average molecular weight is 588 g/mol. The highest BCUT2D eigenvalue weighted by molar-refractivity contribution is 6.34. The molecule has 42 heavy (non-hydrogen) atoms. The van der Waals surface area contributed by atoms with E-state index in [4.69, 9.17) is 11.6 Å². The number of amides is 2. The molecule has 3 aromatic rings. The largest absolute Gasteiger partial charge is 0.345 e. The predicted molar refractivity (Wildman–Crippen MR) is 172 cm³/mol. The number of carbonyl (C=O) groups is 3. The van der Waals surface area contributed by atoms with Crippen molar-refractivity contribution >= 4 is 41.1 Å². The summed E-state index contributed by atoms with van der Waals surface area (Å²) in [7, 11) is 5.40. The summed E-state index contributed by atoms with van der Waals surface area (Å²) in [5.74, 6) is 0.00772. The molecule has 1 saturated heterocycles. The van der Waals surface area contributed by atoms with Gasteiger partial charge in [-0.05, 0) is 59.4 Å². The van der Waals surface area contributed by atoms with Crippen LogP contribution in [-0.2, 0) is 15.0 Å². The number of benzene rings is 3. The van der Waals surface area contributed by atoms with Gasteiger partial charge < -0.3 is 19.5 Å². The van der Waals surface area contributed by atoms with E-state index < -0.39 is 10.8 Å². The second kappa shape index (κ2) is 11.9. The zero-order chi connectivity index (χ0) is 31.0. The zero-order valence-electron chi connectivity index (χ0n) is 25.9. The first kappa shape index (κ1) is 31.3. The summed E-state index contributed by atoms with van der Waals surface area (Å²) < 4.78 is 0. The SMILES string of the molecule is CC(C)C1N(C(=O)C(C)(C)C)CC[C@]1(C=O)c1ccccc1N(C)c1cccc(-c2ccc(C(=O)N(C)C)c(Cl)c2)c1. The molecule has 0 saturated carbocycles. The monoisotopic (exact) mass is 587 g/mol. The van der Waals surface area contributed by atoms with E-state index in [1.165, 1.54) is 4.90 Å². The van der Waals surface area contributed by atoms with Gasteiger partial charge >= 0.3 is 0 Å². The number of rotatable bonds is 7. The van der Waals surface area contributed by atoms with Gasteiger partial charge in [0, 0.05) is 44.5 Å². The van der Waals surface area contributed by atoms with Crippen LogP contribution in [0.2, 0.25) is 5.02 Å². The van der Waals surface area contributed by atoms with Gasteiger partial charge in [-0.1, -0.05) is 82.6 Å². The third-order valence-electron chi connectivity index (χ3n) is 8.31. The predicted octanol–water partition coefficient (Wildman–Crippen LogP) is 7.22. The van der Waals surface area contributed by atoms with E-state index in [0.717, 1.165) is 34.4 Å². The van der Waals surface area contributed by atoms with Crippen LogP contribution in [0.1, 0.15) is 57.0 Å². The third kappa shape index (κ3) is 5.69. The molecule has 1 aliphatic rings. The van der Waals surface area contributed by atoms with Crippen molar-refractivity contribution in [1.82, 2.24) is 9.80 Å². The summed E-state index contributed by atoms with van der Waals surface area (Å²) in [6, 6.07) is 21.4. The molecule has 0 aliphatic carbocycles. The molecule has 1 unspecified atom stereocenters. The van der Waals surface area contributed by atoms with Gasteiger partial charge in [0.15, 0.2) is 0 Å². The van der Waals surface area contributed by atoms with Crippen LogP contribution in [0.3, 0.4) is 0 Å². The molecule has 0 N–H and O–H groups in total. The Kier molecular flexibility index (Phi) is 8.89. The number of halogens is 1. The lowest BCUT2D eigenvalue weighted by molar-refractivity contribution is -0.142. The van der Waals surface area contributed by atoms with Crippen LogP contribution in [0.15, 0.2) is 66.7 Å². The van der Waals surface area contributed by atoms with E-state index in [0.29, 0.717) is 23.6 Å². The van der Waals surface area contributed by atoms with Crippen LogP contribution in [0, 0.1) is 11.3 Å². The van der Waals surface area contributed by atoms with Crippen LogP contribution in [0.5, 0.6) is 0 Å². The van der Waals surface area contributed by atoms with Crippen LogP contribution >= 0.6 is 11.6 Å². The topological polar surface area (TPSA) is 60.9 Å². The lowest BCUT2D eigenvalue weighted by Gasteiger charge is -2.41. The number of likely N-dealkylation sites (tertiary alicyclic amines) is 1. The van der Waals surface area contributed by atoms with Crippen molar-refractivity contribution in [3.8, 4) is 11.1 Å². The molecule has 2 amide bonds. The number of aldehydes is 1. The molecule has 1 heterocycles. The van der Waals surface area contributed by atoms with Gasteiger partial charge in [0.2, 0.25) is 5.91 Å². The lowest BCUT2D eigenvalue weighted by atomic mass is 9.70. The highest BCUT2D eigenvalue weighted by atomic mass is 35.5. The Labute approximate surface area is 255 Å². The molecular formula is C35H42ClN3O3.